The summed E-state index contributed by atoms with van der Waals surface area (Å²) in [6.45, 7) is 3.51. The number of rotatable bonds is 4. The summed E-state index contributed by atoms with van der Waals surface area (Å²) in [6, 6.07) is 0.813. The molecule has 0 heterocycles. The predicted molar refractivity (Wildman–Crippen MR) is 39.6 cm³/mol. The molecule has 0 aromatic rings. The van der Waals surface area contributed by atoms with Crippen LogP contribution in [0.2, 0.25) is 6.04 Å². The molecule has 0 rings (SSSR count). The Bertz CT molecular complexity index is 92.0. The van der Waals surface area contributed by atoms with Gasteiger partial charge in [0.05, 0.1) is 0 Å². The fourth-order valence-electron chi connectivity index (χ4n) is 0.292. The summed E-state index contributed by atoms with van der Waals surface area (Å²) < 4.78 is 4.97. The van der Waals surface area contributed by atoms with Crippen molar-refractivity contribution >= 4 is 26.5 Å². The van der Waals surface area contributed by atoms with Gasteiger partial charge < -0.3 is 4.12 Å². The van der Waals surface area contributed by atoms with Gasteiger partial charge in [-0.2, -0.15) is 0 Å². The van der Waals surface area contributed by atoms with Crippen molar-refractivity contribution in [2.45, 2.75) is 6.04 Å². The minimum Gasteiger partial charge on any atom is -0.468 e. The second-order valence-electron chi connectivity index (χ2n) is 1.52. The Balaban J connectivity index is 3.11. The van der Waals surface area contributed by atoms with E-state index in [2.05, 4.69) is 6.58 Å². The lowest BCUT2D eigenvalue weighted by atomic mass is 10.4. The van der Waals surface area contributed by atoms with Crippen molar-refractivity contribution in [1.82, 2.24) is 0 Å². The van der Waals surface area contributed by atoms with E-state index in [1.54, 1.807) is 0 Å². The minimum absolute atomic E-state index is 0.406. The van der Waals surface area contributed by atoms with Gasteiger partial charge in [0.1, 0.15) is 26.5 Å². The first-order valence-electron chi connectivity index (χ1n) is 2.43. The molecular formula is C4H10O2Si2. The van der Waals surface area contributed by atoms with Crippen LogP contribution in [0, 0.1) is 0 Å². The Morgan fingerprint density at radius 1 is 2.00 bits per heavy atom. The number of allylic oxidation sites excluding steroid dienone is 1. The van der Waals surface area contributed by atoms with E-state index >= 15 is 0 Å². The summed E-state index contributed by atoms with van der Waals surface area (Å²) in [5, 5.41) is 0. The Morgan fingerprint density at radius 2 is 2.62 bits per heavy atom. The van der Waals surface area contributed by atoms with Gasteiger partial charge in [-0.15, -0.1) is 0 Å². The highest BCUT2D eigenvalue weighted by Gasteiger charge is 1.88. The molecule has 4 heteroatoms. The Labute approximate surface area is 54.4 Å². The van der Waals surface area contributed by atoms with Gasteiger partial charge in [0.25, 0.3) is 0 Å². The molecule has 0 radical (unpaired) electrons. The molecule has 0 aromatic heterocycles. The van der Waals surface area contributed by atoms with Crippen molar-refractivity contribution in [3.63, 3.8) is 0 Å². The first kappa shape index (κ1) is 7.80. The average Bonchev–Trinajstić information content (AvgIpc) is 1.83. The molecule has 2 nitrogen and oxygen atoms in total. The van der Waals surface area contributed by atoms with Crippen LogP contribution in [0.15, 0.2) is 12.2 Å². The molecule has 0 unspecified atom stereocenters. The van der Waals surface area contributed by atoms with Crippen molar-refractivity contribution in [1.29, 1.82) is 0 Å². The number of hydrogen-bond donors (Lipinski definition) is 0. The molecule has 0 fully saturated rings. The average molecular weight is 146 g/mol. The molecule has 0 aliphatic rings. The van der Waals surface area contributed by atoms with Gasteiger partial charge in [-0.1, -0.05) is 6.58 Å². The maximum absolute atomic E-state index is 9.89. The molecule has 0 aromatic carbocycles. The lowest BCUT2D eigenvalue weighted by Crippen LogP contribution is -1.95. The summed E-state index contributed by atoms with van der Waals surface area (Å²) in [7, 11) is 0.396. The summed E-state index contributed by atoms with van der Waals surface area (Å²) in [4.78, 5) is 9.89. The van der Waals surface area contributed by atoms with Crippen LogP contribution in [-0.2, 0) is 8.91 Å². The van der Waals surface area contributed by atoms with E-state index in [4.69, 9.17) is 4.12 Å². The molecule has 0 aliphatic heterocycles. The number of aldehydes is 1. The van der Waals surface area contributed by atoms with Crippen LogP contribution in [0.1, 0.15) is 0 Å². The van der Waals surface area contributed by atoms with Crippen LogP contribution in [0.3, 0.4) is 0 Å². The van der Waals surface area contributed by atoms with Gasteiger partial charge in [0, 0.05) is 0 Å². The molecule has 0 spiro atoms. The molecule has 46 valence electrons. The van der Waals surface area contributed by atoms with Crippen molar-refractivity contribution in [2.75, 3.05) is 0 Å². The van der Waals surface area contributed by atoms with Crippen LogP contribution in [0.4, 0.5) is 0 Å². The smallest absolute Gasteiger partial charge is 0.150 e. The van der Waals surface area contributed by atoms with E-state index in [1.807, 2.05) is 0 Å². The zero-order chi connectivity index (χ0) is 6.41. The predicted octanol–water partition coefficient (Wildman–Crippen LogP) is -1.46. The van der Waals surface area contributed by atoms with Gasteiger partial charge in [-0.05, 0) is 11.6 Å². The maximum Gasteiger partial charge on any atom is 0.150 e. The summed E-state index contributed by atoms with van der Waals surface area (Å²) in [5.74, 6) is 0. The topological polar surface area (TPSA) is 26.3 Å². The first-order valence-corrected chi connectivity index (χ1v) is 4.82. The van der Waals surface area contributed by atoms with Crippen LogP contribution in [0.25, 0.3) is 0 Å². The van der Waals surface area contributed by atoms with Crippen LogP contribution < -0.4 is 0 Å². The number of hydrogen-bond acceptors (Lipinski definition) is 2. The Kier molecular flexibility index (Phi) is 4.83. The molecule has 0 amide bonds. The Morgan fingerprint density at radius 3 is 3.00 bits per heavy atom. The van der Waals surface area contributed by atoms with Crippen LogP contribution in [0.5, 0.6) is 0 Å². The third-order valence-electron chi connectivity index (χ3n) is 0.794. The van der Waals surface area contributed by atoms with Crippen LogP contribution >= 0.6 is 0 Å². The fraction of sp³-hybridized carbons (Fsp3) is 0.250. The highest BCUT2D eigenvalue weighted by atomic mass is 28.3. The number of carbonyl (C=O) groups is 1. The van der Waals surface area contributed by atoms with E-state index in [9.17, 15) is 4.79 Å². The molecule has 0 saturated carbocycles. The maximum atomic E-state index is 9.89. The third-order valence-corrected chi connectivity index (χ3v) is 3.27. The van der Waals surface area contributed by atoms with Crippen molar-refractivity contribution in [2.24, 2.45) is 0 Å². The quantitative estimate of drug-likeness (QED) is 0.275. The zero-order valence-corrected chi connectivity index (χ0v) is 8.43. The standard InChI is InChI=1S/C4H10O2Si2/c1-4(2-5)3-8-6-7/h2H,1,3,8H2,7H3. The van der Waals surface area contributed by atoms with Crippen molar-refractivity contribution in [3.05, 3.63) is 12.2 Å². The lowest BCUT2D eigenvalue weighted by Gasteiger charge is -1.92. The second kappa shape index (κ2) is 4.95. The van der Waals surface area contributed by atoms with Gasteiger partial charge >= 0.3 is 0 Å². The zero-order valence-electron chi connectivity index (χ0n) is 5.02. The summed E-state index contributed by atoms with van der Waals surface area (Å²) in [6.07, 6.45) is 0.799. The SMILES string of the molecule is C=C(C=O)C[SiH2]O[SiH3]. The van der Waals surface area contributed by atoms with E-state index < -0.39 is 9.76 Å². The van der Waals surface area contributed by atoms with Crippen molar-refractivity contribution < 1.29 is 8.91 Å². The highest BCUT2D eigenvalue weighted by Crippen LogP contribution is 1.90. The highest BCUT2D eigenvalue weighted by molar-refractivity contribution is 6.35. The van der Waals surface area contributed by atoms with Gasteiger partial charge in [-0.3, -0.25) is 4.79 Å². The Hall–Kier alpha value is -0.196. The molecule has 0 aliphatic carbocycles. The minimum atomic E-state index is -0.406. The molecule has 0 bridgehead atoms. The van der Waals surface area contributed by atoms with Gasteiger partial charge in [0.2, 0.25) is 0 Å². The molecule has 0 N–H and O–H groups in total. The van der Waals surface area contributed by atoms with Gasteiger partial charge in [0.15, 0.2) is 0 Å². The van der Waals surface area contributed by atoms with E-state index in [-0.39, 0.29) is 0 Å². The van der Waals surface area contributed by atoms with E-state index in [0.29, 0.717) is 5.57 Å². The molecule has 0 atom stereocenters. The normalized spacial score (nSPS) is 10.5. The molecule has 8 heavy (non-hydrogen) atoms. The third kappa shape index (κ3) is 3.98. The monoisotopic (exact) mass is 146 g/mol. The molecular weight excluding hydrogens is 136 g/mol. The molecule has 0 saturated heterocycles. The van der Waals surface area contributed by atoms with E-state index in [0.717, 1.165) is 22.8 Å². The van der Waals surface area contributed by atoms with Gasteiger partial charge in [-0.25, -0.2) is 0 Å². The van der Waals surface area contributed by atoms with E-state index in [1.165, 1.54) is 0 Å². The van der Waals surface area contributed by atoms with Crippen LogP contribution in [-0.4, -0.2) is 26.5 Å². The van der Waals surface area contributed by atoms with Crippen molar-refractivity contribution in [3.8, 4) is 0 Å². The summed E-state index contributed by atoms with van der Waals surface area (Å²) in [5.41, 5.74) is 0.674. The fourth-order valence-corrected chi connectivity index (χ4v) is 1.49. The first-order chi connectivity index (χ1) is 3.81. The summed E-state index contributed by atoms with van der Waals surface area (Å²) >= 11 is 0. The lowest BCUT2D eigenvalue weighted by molar-refractivity contribution is -0.104. The second-order valence-corrected chi connectivity index (χ2v) is 4.74. The largest absolute Gasteiger partial charge is 0.468 e. The number of carbonyl (C=O) groups excluding carboxylic acids is 1.